The van der Waals surface area contributed by atoms with E-state index in [1.807, 2.05) is 6.92 Å². The van der Waals surface area contributed by atoms with Gasteiger partial charge < -0.3 is 24.1 Å². The maximum atomic E-state index is 13.3. The maximum Gasteiger partial charge on any atom is 0.297 e. The van der Waals surface area contributed by atoms with E-state index in [2.05, 4.69) is 0 Å². The van der Waals surface area contributed by atoms with E-state index in [0.29, 0.717) is 11.1 Å². The van der Waals surface area contributed by atoms with Gasteiger partial charge in [0.15, 0.2) is 5.79 Å². The quantitative estimate of drug-likeness (QED) is 0.286. The first-order valence-corrected chi connectivity index (χ1v) is 14.5. The first kappa shape index (κ1) is 31.2. The Morgan fingerprint density at radius 1 is 0.805 bits per heavy atom. The van der Waals surface area contributed by atoms with Crippen LogP contribution < -0.4 is 0 Å². The van der Waals surface area contributed by atoms with Gasteiger partial charge in [-0.25, -0.2) is 8.78 Å². The number of aryl methyl sites for hydroxylation is 1. The van der Waals surface area contributed by atoms with E-state index in [4.69, 9.17) is 23.1 Å². The van der Waals surface area contributed by atoms with Crippen LogP contribution in [-0.4, -0.2) is 56.9 Å². The van der Waals surface area contributed by atoms with Crippen molar-refractivity contribution >= 4 is 10.1 Å². The number of ether oxygens (including phenoxy) is 4. The van der Waals surface area contributed by atoms with Crippen LogP contribution in [-0.2, 0) is 46.5 Å². The fraction of sp³-hybridized carbons (Fsp3) is 0.400. The smallest absolute Gasteiger partial charge is 0.297 e. The summed E-state index contributed by atoms with van der Waals surface area (Å²) < 4.78 is 82.1. The zero-order valence-corrected chi connectivity index (χ0v) is 23.9. The number of aliphatic hydroxyl groups excluding tert-OH is 1. The Bertz CT molecular complexity index is 1360. The molecule has 222 valence electrons. The molecule has 1 N–H and O–H groups in total. The second-order valence-electron chi connectivity index (χ2n) is 10.3. The SMILES string of the molecule is Cc1ccc(S(=O)(=O)O[C@H](COCc2ccc(F)cc2)[C@H]2OC(C)(C)O[C@@H]2[C@H](O)COCc2ccc(F)cc2)cc1. The lowest BCUT2D eigenvalue weighted by Crippen LogP contribution is -2.47. The van der Waals surface area contributed by atoms with Gasteiger partial charge in [0.25, 0.3) is 10.1 Å². The summed E-state index contributed by atoms with van der Waals surface area (Å²) in [5.74, 6) is -1.94. The minimum Gasteiger partial charge on any atom is -0.388 e. The molecule has 0 saturated carbocycles. The van der Waals surface area contributed by atoms with Crippen molar-refractivity contribution in [2.75, 3.05) is 13.2 Å². The average Bonchev–Trinajstić information content (AvgIpc) is 3.26. The van der Waals surface area contributed by atoms with Gasteiger partial charge in [-0.05, 0) is 68.3 Å². The first-order chi connectivity index (χ1) is 19.4. The highest BCUT2D eigenvalue weighted by atomic mass is 32.2. The highest BCUT2D eigenvalue weighted by Crippen LogP contribution is 2.34. The van der Waals surface area contributed by atoms with Crippen molar-refractivity contribution < 1.29 is 45.4 Å². The van der Waals surface area contributed by atoms with Gasteiger partial charge in [-0.15, -0.1) is 0 Å². The van der Waals surface area contributed by atoms with E-state index in [9.17, 15) is 22.3 Å². The van der Waals surface area contributed by atoms with Crippen molar-refractivity contribution in [2.24, 2.45) is 0 Å². The molecular weight excluding hydrogens is 558 g/mol. The Hall–Kier alpha value is -2.77. The molecule has 1 saturated heterocycles. The van der Waals surface area contributed by atoms with Gasteiger partial charge in [0.05, 0.1) is 31.3 Å². The van der Waals surface area contributed by atoms with Crippen molar-refractivity contribution in [1.82, 2.24) is 0 Å². The zero-order valence-electron chi connectivity index (χ0n) is 23.0. The Morgan fingerprint density at radius 3 is 1.83 bits per heavy atom. The summed E-state index contributed by atoms with van der Waals surface area (Å²) in [5.41, 5.74) is 2.25. The zero-order chi connectivity index (χ0) is 29.6. The molecule has 8 nitrogen and oxygen atoms in total. The third kappa shape index (κ3) is 8.86. The molecule has 4 rings (SSSR count). The molecule has 3 aromatic rings. The Morgan fingerprint density at radius 2 is 1.29 bits per heavy atom. The van der Waals surface area contributed by atoms with Gasteiger partial charge in [0.1, 0.15) is 36.1 Å². The van der Waals surface area contributed by atoms with Gasteiger partial charge in [-0.1, -0.05) is 42.0 Å². The van der Waals surface area contributed by atoms with Crippen LogP contribution >= 0.6 is 0 Å². The molecule has 4 atom stereocenters. The van der Waals surface area contributed by atoms with Crippen LogP contribution in [0.4, 0.5) is 8.78 Å². The lowest BCUT2D eigenvalue weighted by molar-refractivity contribution is -0.163. The summed E-state index contributed by atoms with van der Waals surface area (Å²) >= 11 is 0. The van der Waals surface area contributed by atoms with Gasteiger partial charge in [-0.2, -0.15) is 8.42 Å². The van der Waals surface area contributed by atoms with Crippen molar-refractivity contribution in [2.45, 2.75) is 69.1 Å². The first-order valence-electron chi connectivity index (χ1n) is 13.1. The third-order valence-electron chi connectivity index (χ3n) is 6.40. The second-order valence-corrected chi connectivity index (χ2v) is 11.9. The fourth-order valence-electron chi connectivity index (χ4n) is 4.35. The van der Waals surface area contributed by atoms with Gasteiger partial charge >= 0.3 is 0 Å². The highest BCUT2D eigenvalue weighted by molar-refractivity contribution is 7.86. The number of hydrogen-bond donors (Lipinski definition) is 1. The van der Waals surface area contributed by atoms with E-state index in [1.54, 1.807) is 50.2 Å². The Balaban J connectivity index is 1.50. The Labute approximate surface area is 238 Å². The van der Waals surface area contributed by atoms with E-state index < -0.39 is 46.1 Å². The summed E-state index contributed by atoms with van der Waals surface area (Å²) in [7, 11) is -4.27. The molecule has 3 aromatic carbocycles. The van der Waals surface area contributed by atoms with Crippen molar-refractivity contribution in [3.05, 3.63) is 101 Å². The topological polar surface area (TPSA) is 101 Å². The van der Waals surface area contributed by atoms with Crippen LogP contribution in [0.15, 0.2) is 77.7 Å². The van der Waals surface area contributed by atoms with Gasteiger partial charge in [-0.3, -0.25) is 4.18 Å². The van der Waals surface area contributed by atoms with E-state index in [1.165, 1.54) is 36.4 Å². The predicted octanol–water partition coefficient (Wildman–Crippen LogP) is 4.66. The number of aliphatic hydroxyl groups is 1. The number of rotatable bonds is 13. The van der Waals surface area contributed by atoms with Crippen LogP contribution in [0.5, 0.6) is 0 Å². The standard InChI is InChI=1S/C30H34F2O8S/c1-20-4-14-25(15-5-20)41(34,35)40-27(19-37-17-22-8-12-24(32)13-9-22)29-28(38-30(2,3)39-29)26(33)18-36-16-21-6-10-23(31)11-7-21/h4-15,26-29,33H,16-19H2,1-3H3/t26-,27-,28-,29-/m1/s1. The highest BCUT2D eigenvalue weighted by Gasteiger charge is 2.50. The third-order valence-corrected chi connectivity index (χ3v) is 7.75. The van der Waals surface area contributed by atoms with Gasteiger partial charge in [0.2, 0.25) is 0 Å². The summed E-state index contributed by atoms with van der Waals surface area (Å²) in [6.07, 6.45) is -4.55. The monoisotopic (exact) mass is 592 g/mol. The van der Waals surface area contributed by atoms with Crippen LogP contribution in [0, 0.1) is 18.6 Å². The van der Waals surface area contributed by atoms with Crippen LogP contribution in [0.2, 0.25) is 0 Å². The normalized spacial score (nSPS) is 20.1. The van der Waals surface area contributed by atoms with Gasteiger partial charge in [0, 0.05) is 0 Å². The lowest BCUT2D eigenvalue weighted by Gasteiger charge is -2.28. The van der Waals surface area contributed by atoms with Crippen LogP contribution in [0.25, 0.3) is 0 Å². The average molecular weight is 593 g/mol. The molecule has 1 heterocycles. The maximum absolute atomic E-state index is 13.3. The molecule has 1 fully saturated rings. The largest absolute Gasteiger partial charge is 0.388 e. The predicted molar refractivity (Wildman–Crippen MR) is 145 cm³/mol. The lowest BCUT2D eigenvalue weighted by atomic mass is 10.0. The van der Waals surface area contributed by atoms with Crippen LogP contribution in [0.3, 0.4) is 0 Å². The molecule has 11 heteroatoms. The number of benzene rings is 3. The fourth-order valence-corrected chi connectivity index (χ4v) is 5.42. The molecule has 0 radical (unpaired) electrons. The van der Waals surface area contributed by atoms with Crippen molar-refractivity contribution in [3.63, 3.8) is 0 Å². The molecule has 1 aliphatic rings. The summed E-state index contributed by atoms with van der Waals surface area (Å²) in [4.78, 5) is -0.0514. The van der Waals surface area contributed by atoms with E-state index in [0.717, 1.165) is 5.56 Å². The second kappa shape index (κ2) is 13.5. The molecule has 0 aromatic heterocycles. The number of hydrogen-bond acceptors (Lipinski definition) is 8. The van der Waals surface area contributed by atoms with E-state index in [-0.39, 0.29) is 37.1 Å². The molecule has 0 unspecified atom stereocenters. The minimum absolute atomic E-state index is 0.0513. The molecule has 0 spiro atoms. The number of halogens is 2. The Kier molecular flexibility index (Phi) is 10.2. The molecule has 0 aliphatic carbocycles. The molecule has 0 bridgehead atoms. The van der Waals surface area contributed by atoms with Crippen LogP contribution in [0.1, 0.15) is 30.5 Å². The molecule has 41 heavy (non-hydrogen) atoms. The summed E-state index contributed by atoms with van der Waals surface area (Å²) in [6, 6.07) is 17.6. The van der Waals surface area contributed by atoms with E-state index >= 15 is 0 Å². The summed E-state index contributed by atoms with van der Waals surface area (Å²) in [6.45, 7) is 4.85. The van der Waals surface area contributed by atoms with Crippen molar-refractivity contribution in [3.8, 4) is 0 Å². The van der Waals surface area contributed by atoms with Crippen molar-refractivity contribution in [1.29, 1.82) is 0 Å². The molecule has 1 aliphatic heterocycles. The summed E-state index contributed by atoms with van der Waals surface area (Å²) in [5, 5.41) is 11.0. The molecular formula is C30H34F2O8S. The molecule has 0 amide bonds. The minimum atomic E-state index is -4.27.